The molecule has 1 aliphatic heterocycles. The molecule has 1 unspecified atom stereocenters. The number of ketones is 1. The molecule has 1 aromatic carbocycles. The molecule has 1 aliphatic rings. The molecule has 0 radical (unpaired) electrons. The van der Waals surface area contributed by atoms with Crippen LogP contribution >= 0.6 is 11.6 Å². The Morgan fingerprint density at radius 3 is 2.53 bits per heavy atom. The summed E-state index contributed by atoms with van der Waals surface area (Å²) in [5.74, 6) is -0.196. The predicted octanol–water partition coefficient (Wildman–Crippen LogP) is 4.22. The van der Waals surface area contributed by atoms with Gasteiger partial charge in [0.1, 0.15) is 5.69 Å². The third kappa shape index (κ3) is 5.76. The maximum absolute atomic E-state index is 13.2. The summed E-state index contributed by atoms with van der Waals surface area (Å²) in [6.07, 6.45) is 4.07. The zero-order valence-electron chi connectivity index (χ0n) is 19.0. The number of carbonyl (C=O) groups is 3. The van der Waals surface area contributed by atoms with Crippen LogP contribution in [0.15, 0.2) is 30.3 Å². The molecule has 1 aromatic heterocycles. The van der Waals surface area contributed by atoms with Gasteiger partial charge in [-0.25, -0.2) is 0 Å². The molecule has 7 nitrogen and oxygen atoms in total. The van der Waals surface area contributed by atoms with Crippen LogP contribution in [0.3, 0.4) is 0 Å². The maximum Gasteiger partial charge on any atom is 0.272 e. The maximum atomic E-state index is 13.2. The zero-order chi connectivity index (χ0) is 23.3. The highest BCUT2D eigenvalue weighted by molar-refractivity contribution is 6.30. The molecule has 1 atom stereocenters. The lowest BCUT2D eigenvalue weighted by Crippen LogP contribution is -2.45. The van der Waals surface area contributed by atoms with Gasteiger partial charge in [0.25, 0.3) is 5.91 Å². The second kappa shape index (κ2) is 10.8. The Bertz CT molecular complexity index is 968. The second-order valence-corrected chi connectivity index (χ2v) is 8.96. The summed E-state index contributed by atoms with van der Waals surface area (Å²) in [4.78, 5) is 40.6. The van der Waals surface area contributed by atoms with Crippen LogP contribution in [-0.2, 0) is 9.59 Å². The lowest BCUT2D eigenvalue weighted by Gasteiger charge is -2.33. The highest BCUT2D eigenvalue weighted by Crippen LogP contribution is 2.29. The highest BCUT2D eigenvalue weighted by atomic mass is 35.5. The van der Waals surface area contributed by atoms with Gasteiger partial charge in [-0.05, 0) is 31.0 Å². The van der Waals surface area contributed by atoms with Crippen molar-refractivity contribution in [3.63, 3.8) is 0 Å². The minimum atomic E-state index is -0.178. The van der Waals surface area contributed by atoms with E-state index in [0.717, 1.165) is 30.5 Å². The summed E-state index contributed by atoms with van der Waals surface area (Å²) in [7, 11) is 3.41. The van der Waals surface area contributed by atoms with Crippen molar-refractivity contribution in [1.82, 2.24) is 19.6 Å². The molecular formula is C24H31ClN4O3. The average molecular weight is 459 g/mol. The van der Waals surface area contributed by atoms with Gasteiger partial charge >= 0.3 is 0 Å². The van der Waals surface area contributed by atoms with E-state index in [-0.39, 0.29) is 36.6 Å². The van der Waals surface area contributed by atoms with E-state index in [1.807, 2.05) is 16.8 Å². The summed E-state index contributed by atoms with van der Waals surface area (Å²) in [6, 6.07) is 9.22. The number of unbranched alkanes of at least 4 members (excludes halogenated alkanes) is 1. The Hall–Kier alpha value is -2.67. The van der Waals surface area contributed by atoms with Gasteiger partial charge in [0.15, 0.2) is 5.78 Å². The summed E-state index contributed by atoms with van der Waals surface area (Å²) in [5.41, 5.74) is 2.13. The number of benzene rings is 1. The first kappa shape index (κ1) is 24.0. The molecule has 172 valence electrons. The number of amides is 2. The van der Waals surface area contributed by atoms with Crippen LogP contribution < -0.4 is 0 Å². The van der Waals surface area contributed by atoms with Crippen LogP contribution in [0.25, 0.3) is 11.3 Å². The van der Waals surface area contributed by atoms with E-state index in [9.17, 15) is 14.4 Å². The summed E-state index contributed by atoms with van der Waals surface area (Å²) in [5, 5.41) is 5.38. The molecule has 0 N–H and O–H groups in total. The Morgan fingerprint density at radius 2 is 1.88 bits per heavy atom. The molecule has 3 rings (SSSR count). The first-order valence-corrected chi connectivity index (χ1v) is 11.5. The molecule has 2 aromatic rings. The number of aromatic nitrogens is 2. The Balaban J connectivity index is 1.74. The van der Waals surface area contributed by atoms with Gasteiger partial charge in [-0.15, -0.1) is 0 Å². The smallest absolute Gasteiger partial charge is 0.272 e. The van der Waals surface area contributed by atoms with Crippen molar-refractivity contribution in [2.45, 2.75) is 51.5 Å². The van der Waals surface area contributed by atoms with Crippen LogP contribution in [0, 0.1) is 0 Å². The SMILES string of the molecule is CCCCC1CN(CC(=O)CCCC(=O)N(C)C)C(=O)c2cc(-c3ccc(Cl)cc3)nn21. The highest BCUT2D eigenvalue weighted by Gasteiger charge is 2.33. The van der Waals surface area contributed by atoms with Crippen LogP contribution in [0.4, 0.5) is 0 Å². The van der Waals surface area contributed by atoms with Gasteiger partial charge in [-0.3, -0.25) is 19.1 Å². The van der Waals surface area contributed by atoms with E-state index in [4.69, 9.17) is 16.7 Å². The van der Waals surface area contributed by atoms with E-state index >= 15 is 0 Å². The average Bonchev–Trinajstić information content (AvgIpc) is 3.21. The molecule has 0 bridgehead atoms. The normalized spacial score (nSPS) is 15.6. The number of hydrogen-bond donors (Lipinski definition) is 0. The van der Waals surface area contributed by atoms with Crippen molar-refractivity contribution in [3.8, 4) is 11.3 Å². The van der Waals surface area contributed by atoms with Crippen LogP contribution in [0.5, 0.6) is 0 Å². The fraction of sp³-hybridized carbons (Fsp3) is 0.500. The van der Waals surface area contributed by atoms with Crippen molar-refractivity contribution in [2.24, 2.45) is 0 Å². The van der Waals surface area contributed by atoms with Gasteiger partial charge in [0.2, 0.25) is 5.91 Å². The topological polar surface area (TPSA) is 75.5 Å². The van der Waals surface area contributed by atoms with E-state index in [1.165, 1.54) is 4.90 Å². The number of fused-ring (bicyclic) bond motifs is 1. The number of rotatable bonds is 10. The molecule has 0 saturated heterocycles. The molecule has 2 heterocycles. The molecule has 0 spiro atoms. The molecule has 0 saturated carbocycles. The van der Waals surface area contributed by atoms with Crippen LogP contribution in [0.1, 0.15) is 62.0 Å². The monoisotopic (exact) mass is 458 g/mol. The first-order chi connectivity index (χ1) is 15.3. The van der Waals surface area contributed by atoms with E-state index in [2.05, 4.69) is 6.92 Å². The van der Waals surface area contributed by atoms with Crippen LogP contribution in [0.2, 0.25) is 5.02 Å². The molecular weight excluding hydrogens is 428 g/mol. The Morgan fingerprint density at radius 1 is 1.16 bits per heavy atom. The minimum Gasteiger partial charge on any atom is -0.349 e. The van der Waals surface area contributed by atoms with E-state index in [1.54, 1.807) is 37.2 Å². The molecule has 0 fully saturated rings. The Kier molecular flexibility index (Phi) is 8.07. The number of halogens is 1. The summed E-state index contributed by atoms with van der Waals surface area (Å²) in [6.45, 7) is 2.67. The number of hydrogen-bond acceptors (Lipinski definition) is 4. The number of carbonyl (C=O) groups excluding carboxylic acids is 3. The molecule has 32 heavy (non-hydrogen) atoms. The van der Waals surface area contributed by atoms with E-state index < -0.39 is 0 Å². The van der Waals surface area contributed by atoms with Gasteiger partial charge in [0, 0.05) is 44.1 Å². The van der Waals surface area contributed by atoms with Gasteiger partial charge in [0.05, 0.1) is 18.3 Å². The van der Waals surface area contributed by atoms with Crippen molar-refractivity contribution in [1.29, 1.82) is 0 Å². The minimum absolute atomic E-state index is 0.00473. The standard InChI is InChI=1S/C24H31ClN4O3/c1-4-5-7-19-15-28(16-20(30)8-6-9-23(31)27(2)3)24(32)22-14-21(26-29(19)22)17-10-12-18(25)13-11-17/h10-14,19H,4-9,15-16H2,1-3H3. The third-order valence-electron chi connectivity index (χ3n) is 5.76. The molecule has 0 aliphatic carbocycles. The third-order valence-corrected chi connectivity index (χ3v) is 6.01. The van der Waals surface area contributed by atoms with Crippen molar-refractivity contribution >= 4 is 29.2 Å². The fourth-order valence-electron chi connectivity index (χ4n) is 3.91. The lowest BCUT2D eigenvalue weighted by atomic mass is 10.1. The van der Waals surface area contributed by atoms with Crippen molar-refractivity contribution in [2.75, 3.05) is 27.2 Å². The van der Waals surface area contributed by atoms with Crippen molar-refractivity contribution < 1.29 is 14.4 Å². The van der Waals surface area contributed by atoms with Gasteiger partial charge in [-0.2, -0.15) is 5.10 Å². The Labute approximate surface area is 194 Å². The van der Waals surface area contributed by atoms with Gasteiger partial charge < -0.3 is 9.80 Å². The van der Waals surface area contributed by atoms with E-state index in [0.29, 0.717) is 30.1 Å². The summed E-state index contributed by atoms with van der Waals surface area (Å²) < 4.78 is 1.83. The molecule has 2 amide bonds. The van der Waals surface area contributed by atoms with Gasteiger partial charge in [-0.1, -0.05) is 43.5 Å². The first-order valence-electron chi connectivity index (χ1n) is 11.2. The summed E-state index contributed by atoms with van der Waals surface area (Å²) >= 11 is 6.00. The number of Topliss-reactive ketones (excluding diaryl/α,β-unsaturated/α-hetero) is 1. The molecule has 8 heteroatoms. The number of nitrogens with zero attached hydrogens (tertiary/aromatic N) is 4. The quantitative estimate of drug-likeness (QED) is 0.534. The second-order valence-electron chi connectivity index (χ2n) is 8.53. The largest absolute Gasteiger partial charge is 0.349 e. The van der Waals surface area contributed by atoms with Crippen LogP contribution in [-0.4, -0.2) is 64.4 Å². The van der Waals surface area contributed by atoms with Crippen molar-refractivity contribution in [3.05, 3.63) is 41.0 Å². The zero-order valence-corrected chi connectivity index (χ0v) is 19.8. The fourth-order valence-corrected chi connectivity index (χ4v) is 4.04. The lowest BCUT2D eigenvalue weighted by molar-refractivity contribution is -0.128. The predicted molar refractivity (Wildman–Crippen MR) is 125 cm³/mol.